The molecule has 0 aliphatic heterocycles. The average Bonchev–Trinajstić information content (AvgIpc) is 3.03. The predicted octanol–water partition coefficient (Wildman–Crippen LogP) is 5.31. The molecule has 1 aromatic heterocycles. The van der Waals surface area contributed by atoms with Crippen LogP contribution < -0.4 is 5.32 Å². The molecular formula is C17H13F2NS. The van der Waals surface area contributed by atoms with Crippen molar-refractivity contribution in [2.24, 2.45) is 0 Å². The van der Waals surface area contributed by atoms with Gasteiger partial charge in [0, 0.05) is 28.2 Å². The lowest BCUT2D eigenvalue weighted by Crippen LogP contribution is -2.04. The van der Waals surface area contributed by atoms with Crippen molar-refractivity contribution in [3.05, 3.63) is 77.2 Å². The number of thiophene rings is 1. The summed E-state index contributed by atoms with van der Waals surface area (Å²) in [5, 5.41) is 5.20. The fourth-order valence-corrected chi connectivity index (χ4v) is 2.93. The van der Waals surface area contributed by atoms with Gasteiger partial charge in [0.2, 0.25) is 0 Å². The molecule has 0 bridgehead atoms. The van der Waals surface area contributed by atoms with Crippen molar-refractivity contribution >= 4 is 17.0 Å². The second-order valence-corrected chi connectivity index (χ2v) is 5.54. The topological polar surface area (TPSA) is 12.0 Å². The largest absolute Gasteiger partial charge is 0.380 e. The molecule has 0 aliphatic carbocycles. The summed E-state index contributed by atoms with van der Waals surface area (Å²) in [4.78, 5) is 1.14. The van der Waals surface area contributed by atoms with E-state index in [1.165, 1.54) is 6.07 Å². The first-order valence-corrected chi connectivity index (χ1v) is 7.43. The van der Waals surface area contributed by atoms with Crippen LogP contribution in [0.4, 0.5) is 14.5 Å². The van der Waals surface area contributed by atoms with Crippen molar-refractivity contribution in [2.75, 3.05) is 5.32 Å². The van der Waals surface area contributed by atoms with Gasteiger partial charge in [0.15, 0.2) is 11.6 Å². The van der Waals surface area contributed by atoms with Crippen LogP contribution in [0.1, 0.15) is 5.56 Å². The maximum absolute atomic E-state index is 13.7. The highest BCUT2D eigenvalue weighted by molar-refractivity contribution is 7.13. The van der Waals surface area contributed by atoms with E-state index in [2.05, 4.69) is 5.32 Å². The SMILES string of the molecule is Fc1cccc(CNc2ccccc2-c2cccs2)c1F. The Morgan fingerprint density at radius 3 is 2.57 bits per heavy atom. The van der Waals surface area contributed by atoms with E-state index >= 15 is 0 Å². The van der Waals surface area contributed by atoms with Crippen molar-refractivity contribution in [2.45, 2.75) is 6.54 Å². The minimum atomic E-state index is -0.819. The molecule has 0 aliphatic rings. The molecule has 1 heterocycles. The van der Waals surface area contributed by atoms with Gasteiger partial charge in [-0.2, -0.15) is 0 Å². The maximum Gasteiger partial charge on any atom is 0.163 e. The van der Waals surface area contributed by atoms with Crippen molar-refractivity contribution < 1.29 is 8.78 Å². The summed E-state index contributed by atoms with van der Waals surface area (Å²) >= 11 is 1.64. The number of rotatable bonds is 4. The summed E-state index contributed by atoms with van der Waals surface area (Å²) in [6.07, 6.45) is 0. The lowest BCUT2D eigenvalue weighted by molar-refractivity contribution is 0.500. The van der Waals surface area contributed by atoms with Crippen molar-refractivity contribution in [1.82, 2.24) is 0 Å². The highest BCUT2D eigenvalue weighted by Crippen LogP contribution is 2.31. The molecule has 4 heteroatoms. The summed E-state index contributed by atoms with van der Waals surface area (Å²) in [6, 6.07) is 16.1. The van der Waals surface area contributed by atoms with Crippen molar-refractivity contribution in [1.29, 1.82) is 0 Å². The summed E-state index contributed by atoms with van der Waals surface area (Å²) in [7, 11) is 0. The fourth-order valence-electron chi connectivity index (χ4n) is 2.16. The molecule has 1 nitrogen and oxygen atoms in total. The first-order chi connectivity index (χ1) is 10.3. The van der Waals surface area contributed by atoms with E-state index in [9.17, 15) is 8.78 Å². The summed E-state index contributed by atoms with van der Waals surface area (Å²) in [5.41, 5.74) is 2.28. The molecule has 3 rings (SSSR count). The monoisotopic (exact) mass is 301 g/mol. The van der Waals surface area contributed by atoms with Crippen LogP contribution >= 0.6 is 11.3 Å². The molecule has 1 N–H and O–H groups in total. The number of hydrogen-bond acceptors (Lipinski definition) is 2. The van der Waals surface area contributed by atoms with Crippen LogP contribution in [0, 0.1) is 11.6 Å². The first-order valence-electron chi connectivity index (χ1n) is 6.55. The van der Waals surface area contributed by atoms with Gasteiger partial charge in [-0.1, -0.05) is 36.4 Å². The molecule has 0 atom stereocenters. The standard InChI is InChI=1S/C17H13F2NS/c18-14-7-3-5-12(17(14)19)11-20-15-8-2-1-6-13(15)16-9-4-10-21-16/h1-10,20H,11H2. The number of halogens is 2. The third kappa shape index (κ3) is 2.95. The Morgan fingerprint density at radius 1 is 0.905 bits per heavy atom. The van der Waals surface area contributed by atoms with Gasteiger partial charge in [-0.3, -0.25) is 0 Å². The number of para-hydroxylation sites is 1. The Labute approximate surface area is 125 Å². The highest BCUT2D eigenvalue weighted by Gasteiger charge is 2.09. The molecule has 0 fully saturated rings. The smallest absolute Gasteiger partial charge is 0.163 e. The van der Waals surface area contributed by atoms with Crippen LogP contribution in [0.3, 0.4) is 0 Å². The van der Waals surface area contributed by atoms with Crippen LogP contribution in [0.2, 0.25) is 0 Å². The van der Waals surface area contributed by atoms with E-state index in [0.717, 1.165) is 22.2 Å². The molecule has 0 saturated carbocycles. The zero-order chi connectivity index (χ0) is 14.7. The molecule has 0 radical (unpaired) electrons. The van der Waals surface area contributed by atoms with Gasteiger partial charge in [0.25, 0.3) is 0 Å². The van der Waals surface area contributed by atoms with Crippen LogP contribution in [-0.4, -0.2) is 0 Å². The maximum atomic E-state index is 13.7. The summed E-state index contributed by atoms with van der Waals surface area (Å²) in [6.45, 7) is 0.242. The molecular weight excluding hydrogens is 288 g/mol. The molecule has 0 amide bonds. The van der Waals surface area contributed by atoms with E-state index in [0.29, 0.717) is 5.56 Å². The van der Waals surface area contributed by atoms with Crippen molar-refractivity contribution in [3.8, 4) is 10.4 Å². The zero-order valence-corrected chi connectivity index (χ0v) is 12.0. The quantitative estimate of drug-likeness (QED) is 0.689. The van der Waals surface area contributed by atoms with Gasteiger partial charge >= 0.3 is 0 Å². The number of anilines is 1. The van der Waals surface area contributed by atoms with Gasteiger partial charge in [-0.15, -0.1) is 11.3 Å². The minimum Gasteiger partial charge on any atom is -0.380 e. The van der Waals surface area contributed by atoms with Gasteiger partial charge in [0.1, 0.15) is 0 Å². The third-order valence-corrected chi connectivity index (χ3v) is 4.12. The Bertz CT molecular complexity index is 738. The molecule has 0 spiro atoms. The molecule has 3 aromatic rings. The Morgan fingerprint density at radius 2 is 1.76 bits per heavy atom. The molecule has 0 saturated heterocycles. The van der Waals surface area contributed by atoms with Crippen LogP contribution in [0.25, 0.3) is 10.4 Å². The minimum absolute atomic E-state index is 0.242. The van der Waals surface area contributed by atoms with Gasteiger partial charge in [0.05, 0.1) is 0 Å². The Balaban J connectivity index is 1.85. The van der Waals surface area contributed by atoms with E-state index in [4.69, 9.17) is 0 Å². The predicted molar refractivity (Wildman–Crippen MR) is 83.4 cm³/mol. The van der Waals surface area contributed by atoms with Crippen LogP contribution in [-0.2, 0) is 6.54 Å². The number of nitrogens with one attached hydrogen (secondary N) is 1. The third-order valence-electron chi connectivity index (χ3n) is 3.21. The lowest BCUT2D eigenvalue weighted by Gasteiger charge is -2.11. The molecule has 106 valence electrons. The van der Waals surface area contributed by atoms with Gasteiger partial charge < -0.3 is 5.32 Å². The number of benzene rings is 2. The van der Waals surface area contributed by atoms with Crippen LogP contribution in [0.5, 0.6) is 0 Å². The molecule has 2 aromatic carbocycles. The highest BCUT2D eigenvalue weighted by atomic mass is 32.1. The zero-order valence-electron chi connectivity index (χ0n) is 11.1. The molecule has 21 heavy (non-hydrogen) atoms. The Hall–Kier alpha value is -2.20. The number of hydrogen-bond donors (Lipinski definition) is 1. The van der Waals surface area contributed by atoms with E-state index in [1.54, 1.807) is 17.4 Å². The first kappa shape index (κ1) is 13.8. The van der Waals surface area contributed by atoms with Gasteiger partial charge in [-0.25, -0.2) is 8.78 Å². The second kappa shape index (κ2) is 6.06. The van der Waals surface area contributed by atoms with Crippen LogP contribution in [0.15, 0.2) is 60.0 Å². The van der Waals surface area contributed by atoms with E-state index in [-0.39, 0.29) is 6.54 Å². The van der Waals surface area contributed by atoms with E-state index < -0.39 is 11.6 Å². The summed E-state index contributed by atoms with van der Waals surface area (Å²) in [5.74, 6) is -1.61. The second-order valence-electron chi connectivity index (χ2n) is 4.59. The van der Waals surface area contributed by atoms with Crippen molar-refractivity contribution in [3.63, 3.8) is 0 Å². The fraction of sp³-hybridized carbons (Fsp3) is 0.0588. The van der Waals surface area contributed by atoms with Gasteiger partial charge in [-0.05, 0) is 23.6 Å². The van der Waals surface area contributed by atoms with E-state index in [1.807, 2.05) is 41.8 Å². The average molecular weight is 301 g/mol. The summed E-state index contributed by atoms with van der Waals surface area (Å²) < 4.78 is 26.9. The normalized spacial score (nSPS) is 10.6. The Kier molecular flexibility index (Phi) is 3.97. The lowest BCUT2D eigenvalue weighted by atomic mass is 10.1. The molecule has 0 unspecified atom stereocenters.